The molecule has 4 rings (SSSR count). The van der Waals surface area contributed by atoms with Crippen LogP contribution in [-0.2, 0) is 11.2 Å². The molecule has 30 heavy (non-hydrogen) atoms. The van der Waals surface area contributed by atoms with Crippen molar-refractivity contribution < 1.29 is 4.79 Å². The molecule has 4 nitrogen and oxygen atoms in total. The van der Waals surface area contributed by atoms with Gasteiger partial charge in [0, 0.05) is 64.3 Å². The third kappa shape index (κ3) is 4.84. The number of rotatable bonds is 7. The quantitative estimate of drug-likeness (QED) is 0.386. The van der Waals surface area contributed by atoms with Gasteiger partial charge in [-0.1, -0.05) is 41.4 Å². The summed E-state index contributed by atoms with van der Waals surface area (Å²) < 4.78 is 0. The molecular formula is C24H21Cl2N3O. The molecule has 2 heterocycles. The highest BCUT2D eigenvalue weighted by Crippen LogP contribution is 2.35. The largest absolute Gasteiger partial charge is 0.361 e. The van der Waals surface area contributed by atoms with E-state index >= 15 is 0 Å². The Hall–Kier alpha value is -2.82. The van der Waals surface area contributed by atoms with Crippen LogP contribution in [0.1, 0.15) is 29.2 Å². The second-order valence-electron chi connectivity index (χ2n) is 7.17. The molecule has 0 saturated heterocycles. The van der Waals surface area contributed by atoms with E-state index in [1.165, 1.54) is 0 Å². The molecule has 0 radical (unpaired) electrons. The Labute approximate surface area is 185 Å². The number of aromatic amines is 1. The monoisotopic (exact) mass is 437 g/mol. The minimum absolute atomic E-state index is 0.0210. The summed E-state index contributed by atoms with van der Waals surface area (Å²) >= 11 is 12.5. The van der Waals surface area contributed by atoms with Gasteiger partial charge in [-0.15, -0.1) is 0 Å². The Morgan fingerprint density at radius 2 is 1.90 bits per heavy atom. The fourth-order valence-electron chi connectivity index (χ4n) is 3.67. The molecule has 4 aromatic rings. The lowest BCUT2D eigenvalue weighted by atomic mass is 9.88. The number of carbonyl (C=O) groups is 1. The number of fused-ring (bicyclic) bond motifs is 1. The number of pyridine rings is 1. The van der Waals surface area contributed by atoms with Crippen molar-refractivity contribution in [1.82, 2.24) is 15.3 Å². The molecule has 2 aromatic carbocycles. The van der Waals surface area contributed by atoms with Crippen LogP contribution in [0.25, 0.3) is 10.9 Å². The Balaban J connectivity index is 1.56. The fraction of sp³-hybridized carbons (Fsp3) is 0.167. The third-order valence-electron chi connectivity index (χ3n) is 5.12. The second kappa shape index (κ2) is 9.33. The number of amides is 1. The number of hydrogen-bond acceptors (Lipinski definition) is 2. The molecule has 1 amide bonds. The Kier molecular flexibility index (Phi) is 6.36. The molecule has 2 aromatic heterocycles. The van der Waals surface area contributed by atoms with Crippen LogP contribution in [0.15, 0.2) is 73.1 Å². The Morgan fingerprint density at radius 3 is 2.70 bits per heavy atom. The van der Waals surface area contributed by atoms with Gasteiger partial charge in [0.05, 0.1) is 0 Å². The SMILES string of the molecule is O=C(CC(c1cccc(Cl)c1)c1c[nH]c2ccc(Cl)cc12)NCCc1ccccn1. The summed E-state index contributed by atoms with van der Waals surface area (Å²) in [4.78, 5) is 20.4. The molecule has 0 spiro atoms. The summed E-state index contributed by atoms with van der Waals surface area (Å²) in [6.45, 7) is 0.540. The summed E-state index contributed by atoms with van der Waals surface area (Å²) in [6.07, 6.45) is 4.71. The molecule has 1 unspecified atom stereocenters. The van der Waals surface area contributed by atoms with Gasteiger partial charge in [0.2, 0.25) is 5.91 Å². The normalized spacial score (nSPS) is 12.1. The van der Waals surface area contributed by atoms with Crippen molar-refractivity contribution >= 4 is 40.0 Å². The van der Waals surface area contributed by atoms with Gasteiger partial charge in [0.1, 0.15) is 0 Å². The van der Waals surface area contributed by atoms with Crippen molar-refractivity contribution in [1.29, 1.82) is 0 Å². The topological polar surface area (TPSA) is 57.8 Å². The van der Waals surface area contributed by atoms with Crippen LogP contribution in [-0.4, -0.2) is 22.4 Å². The zero-order chi connectivity index (χ0) is 20.9. The van der Waals surface area contributed by atoms with Crippen molar-refractivity contribution in [2.45, 2.75) is 18.8 Å². The number of nitrogens with zero attached hydrogens (tertiary/aromatic N) is 1. The average Bonchev–Trinajstić information content (AvgIpc) is 3.15. The van der Waals surface area contributed by atoms with Crippen molar-refractivity contribution in [3.63, 3.8) is 0 Å². The summed E-state index contributed by atoms with van der Waals surface area (Å²) in [5.41, 5.74) is 3.95. The maximum absolute atomic E-state index is 12.8. The summed E-state index contributed by atoms with van der Waals surface area (Å²) in [7, 11) is 0. The van der Waals surface area contributed by atoms with Crippen LogP contribution < -0.4 is 5.32 Å². The Bertz CT molecular complexity index is 1160. The average molecular weight is 438 g/mol. The third-order valence-corrected chi connectivity index (χ3v) is 5.59. The van der Waals surface area contributed by atoms with Crippen LogP contribution in [0.4, 0.5) is 0 Å². The van der Waals surface area contributed by atoms with E-state index in [-0.39, 0.29) is 11.8 Å². The first kappa shape index (κ1) is 20.5. The van der Waals surface area contributed by atoms with Gasteiger partial charge in [-0.2, -0.15) is 0 Å². The molecule has 152 valence electrons. The van der Waals surface area contributed by atoms with E-state index in [9.17, 15) is 4.79 Å². The van der Waals surface area contributed by atoms with Gasteiger partial charge in [-0.3, -0.25) is 9.78 Å². The van der Waals surface area contributed by atoms with Gasteiger partial charge in [-0.05, 0) is 53.6 Å². The van der Waals surface area contributed by atoms with Gasteiger partial charge in [-0.25, -0.2) is 0 Å². The molecule has 2 N–H and O–H groups in total. The van der Waals surface area contributed by atoms with E-state index in [2.05, 4.69) is 15.3 Å². The first-order valence-electron chi connectivity index (χ1n) is 9.79. The molecule has 6 heteroatoms. The summed E-state index contributed by atoms with van der Waals surface area (Å²) in [5, 5.41) is 5.33. The lowest BCUT2D eigenvalue weighted by Crippen LogP contribution is -2.27. The van der Waals surface area contributed by atoms with E-state index in [0.717, 1.165) is 27.7 Å². The lowest BCUT2D eigenvalue weighted by molar-refractivity contribution is -0.121. The van der Waals surface area contributed by atoms with Crippen molar-refractivity contribution in [3.8, 4) is 0 Å². The molecule has 0 aliphatic heterocycles. The number of aromatic nitrogens is 2. The molecule has 0 bridgehead atoms. The minimum atomic E-state index is -0.147. The van der Waals surface area contributed by atoms with Crippen molar-refractivity contribution in [2.75, 3.05) is 6.54 Å². The molecule has 0 saturated carbocycles. The molecule has 0 aliphatic carbocycles. The van der Waals surface area contributed by atoms with Crippen LogP contribution in [0, 0.1) is 0 Å². The van der Waals surface area contributed by atoms with Crippen molar-refractivity contribution in [2.24, 2.45) is 0 Å². The van der Waals surface area contributed by atoms with Crippen molar-refractivity contribution in [3.05, 3.63) is 99.9 Å². The fourth-order valence-corrected chi connectivity index (χ4v) is 4.04. The van der Waals surface area contributed by atoms with Gasteiger partial charge < -0.3 is 10.3 Å². The number of hydrogen-bond donors (Lipinski definition) is 2. The van der Waals surface area contributed by atoms with Gasteiger partial charge in [0.25, 0.3) is 0 Å². The number of halogens is 2. The Morgan fingerprint density at radius 1 is 1.03 bits per heavy atom. The number of nitrogens with one attached hydrogen (secondary N) is 2. The summed E-state index contributed by atoms with van der Waals surface area (Å²) in [6, 6.07) is 19.2. The highest BCUT2D eigenvalue weighted by Gasteiger charge is 2.22. The minimum Gasteiger partial charge on any atom is -0.361 e. The maximum atomic E-state index is 12.8. The second-order valence-corrected chi connectivity index (χ2v) is 8.04. The number of H-pyrrole nitrogens is 1. The predicted molar refractivity (Wildman–Crippen MR) is 122 cm³/mol. The zero-order valence-electron chi connectivity index (χ0n) is 16.2. The van der Waals surface area contributed by atoms with Crippen LogP contribution in [0.2, 0.25) is 10.0 Å². The predicted octanol–water partition coefficient (Wildman–Crippen LogP) is 5.75. The van der Waals surface area contributed by atoms with Gasteiger partial charge in [0.15, 0.2) is 0 Å². The molecule has 1 atom stereocenters. The number of benzene rings is 2. The van der Waals surface area contributed by atoms with E-state index in [4.69, 9.17) is 23.2 Å². The van der Waals surface area contributed by atoms with E-state index in [1.54, 1.807) is 6.20 Å². The zero-order valence-corrected chi connectivity index (χ0v) is 17.8. The van der Waals surface area contributed by atoms with E-state index in [1.807, 2.05) is 66.9 Å². The summed E-state index contributed by atoms with van der Waals surface area (Å²) in [5.74, 6) is -0.168. The standard InChI is InChI=1S/C24H21Cl2N3O/c25-17-5-3-4-16(12-17)20(22-15-29-23-8-7-18(26)13-21(22)23)14-24(30)28-11-9-19-6-1-2-10-27-19/h1-8,10,12-13,15,20,29H,9,11,14H2,(H,28,30). The van der Waals surface area contributed by atoms with Gasteiger partial charge >= 0.3 is 0 Å². The number of carbonyl (C=O) groups excluding carboxylic acids is 1. The first-order valence-corrected chi connectivity index (χ1v) is 10.5. The van der Waals surface area contributed by atoms with E-state index < -0.39 is 0 Å². The van der Waals surface area contributed by atoms with Crippen LogP contribution >= 0.6 is 23.2 Å². The first-order chi connectivity index (χ1) is 14.6. The smallest absolute Gasteiger partial charge is 0.220 e. The molecule has 0 fully saturated rings. The highest BCUT2D eigenvalue weighted by atomic mass is 35.5. The maximum Gasteiger partial charge on any atom is 0.220 e. The lowest BCUT2D eigenvalue weighted by Gasteiger charge is -2.18. The van der Waals surface area contributed by atoms with E-state index in [0.29, 0.717) is 29.4 Å². The highest BCUT2D eigenvalue weighted by molar-refractivity contribution is 6.31. The molecular weight excluding hydrogens is 417 g/mol. The molecule has 0 aliphatic rings. The van der Waals surface area contributed by atoms with Crippen LogP contribution in [0.5, 0.6) is 0 Å². The van der Waals surface area contributed by atoms with Crippen LogP contribution in [0.3, 0.4) is 0 Å².